The van der Waals surface area contributed by atoms with E-state index in [1.807, 2.05) is 0 Å². The third-order valence-corrected chi connectivity index (χ3v) is 5.45. The van der Waals surface area contributed by atoms with Gasteiger partial charge in [-0.15, -0.1) is 0 Å². The highest BCUT2D eigenvalue weighted by atomic mass is 19.4. The van der Waals surface area contributed by atoms with Crippen molar-refractivity contribution < 1.29 is 27.2 Å². The van der Waals surface area contributed by atoms with Crippen LogP contribution >= 0.6 is 0 Å². The molecule has 2 aromatic rings. The first-order valence-corrected chi connectivity index (χ1v) is 10.2. The van der Waals surface area contributed by atoms with E-state index in [1.54, 1.807) is 17.0 Å². The minimum absolute atomic E-state index is 0.0560. The summed E-state index contributed by atoms with van der Waals surface area (Å²) in [7, 11) is 0. The number of carbonyl (C=O) groups excluding carboxylic acids is 2. The van der Waals surface area contributed by atoms with Crippen LogP contribution in [0.3, 0.4) is 0 Å². The zero-order chi connectivity index (χ0) is 22.4. The second-order valence-corrected chi connectivity index (χ2v) is 7.65. The van der Waals surface area contributed by atoms with Crippen molar-refractivity contribution >= 4 is 11.8 Å². The molecule has 1 aliphatic rings. The Morgan fingerprint density at radius 2 is 1.87 bits per heavy atom. The SMILES string of the molecule is O=C(NCCc1ccccc1C(F)(F)F)[C@H]1CCC(=O)N(CCc2cccc(F)c2)C1. The highest BCUT2D eigenvalue weighted by Gasteiger charge is 2.33. The van der Waals surface area contributed by atoms with Crippen LogP contribution in [0.2, 0.25) is 0 Å². The van der Waals surface area contributed by atoms with Gasteiger partial charge in [0.05, 0.1) is 11.5 Å². The first-order chi connectivity index (χ1) is 14.7. The lowest BCUT2D eigenvalue weighted by molar-refractivity contribution is -0.139. The van der Waals surface area contributed by atoms with Gasteiger partial charge >= 0.3 is 6.18 Å². The van der Waals surface area contributed by atoms with E-state index in [2.05, 4.69) is 5.32 Å². The van der Waals surface area contributed by atoms with Crippen LogP contribution in [0.15, 0.2) is 48.5 Å². The van der Waals surface area contributed by atoms with E-state index >= 15 is 0 Å². The molecule has 1 fully saturated rings. The van der Waals surface area contributed by atoms with Gasteiger partial charge in [-0.3, -0.25) is 9.59 Å². The fourth-order valence-electron chi connectivity index (χ4n) is 3.78. The summed E-state index contributed by atoms with van der Waals surface area (Å²) in [6.07, 6.45) is -3.26. The van der Waals surface area contributed by atoms with Crippen LogP contribution in [0.5, 0.6) is 0 Å². The van der Waals surface area contributed by atoms with Crippen molar-refractivity contribution in [1.29, 1.82) is 0 Å². The van der Waals surface area contributed by atoms with Gasteiger partial charge < -0.3 is 10.2 Å². The van der Waals surface area contributed by atoms with Gasteiger partial charge in [0.2, 0.25) is 11.8 Å². The van der Waals surface area contributed by atoms with Gasteiger partial charge in [-0.25, -0.2) is 4.39 Å². The molecule has 0 bridgehead atoms. The molecule has 1 atom stereocenters. The number of nitrogens with one attached hydrogen (secondary N) is 1. The summed E-state index contributed by atoms with van der Waals surface area (Å²) in [4.78, 5) is 26.3. The second kappa shape index (κ2) is 9.94. The number of benzene rings is 2. The average Bonchev–Trinajstić information content (AvgIpc) is 2.73. The Kier molecular flexibility index (Phi) is 7.30. The molecule has 1 N–H and O–H groups in total. The number of halogens is 4. The predicted molar refractivity (Wildman–Crippen MR) is 108 cm³/mol. The largest absolute Gasteiger partial charge is 0.416 e. The lowest BCUT2D eigenvalue weighted by atomic mass is 9.96. The van der Waals surface area contributed by atoms with Crippen molar-refractivity contribution in [2.24, 2.45) is 5.92 Å². The van der Waals surface area contributed by atoms with Gasteiger partial charge in [0, 0.05) is 26.1 Å². The van der Waals surface area contributed by atoms with Crippen molar-refractivity contribution in [2.45, 2.75) is 31.9 Å². The van der Waals surface area contributed by atoms with Gasteiger partial charge in [-0.05, 0) is 48.6 Å². The quantitative estimate of drug-likeness (QED) is 0.668. The van der Waals surface area contributed by atoms with Crippen molar-refractivity contribution in [2.75, 3.05) is 19.6 Å². The van der Waals surface area contributed by atoms with Gasteiger partial charge in [-0.2, -0.15) is 13.2 Å². The third-order valence-electron chi connectivity index (χ3n) is 5.45. The smallest absolute Gasteiger partial charge is 0.355 e. The summed E-state index contributed by atoms with van der Waals surface area (Å²) in [6.45, 7) is 0.712. The van der Waals surface area contributed by atoms with Crippen LogP contribution in [0, 0.1) is 11.7 Å². The molecule has 3 rings (SSSR count). The van der Waals surface area contributed by atoms with Crippen molar-refractivity contribution in [3.05, 3.63) is 71.0 Å². The van der Waals surface area contributed by atoms with Crippen LogP contribution in [0.25, 0.3) is 0 Å². The summed E-state index contributed by atoms with van der Waals surface area (Å²) >= 11 is 0. The molecule has 166 valence electrons. The summed E-state index contributed by atoms with van der Waals surface area (Å²) in [6, 6.07) is 11.5. The molecule has 8 heteroatoms. The van der Waals surface area contributed by atoms with E-state index in [0.717, 1.165) is 11.6 Å². The highest BCUT2D eigenvalue weighted by Crippen LogP contribution is 2.32. The Labute approximate surface area is 178 Å². The number of amides is 2. The number of rotatable bonds is 7. The Morgan fingerprint density at radius 3 is 2.61 bits per heavy atom. The maximum absolute atomic E-state index is 13.3. The van der Waals surface area contributed by atoms with Gasteiger partial charge in [0.1, 0.15) is 5.82 Å². The van der Waals surface area contributed by atoms with Crippen molar-refractivity contribution in [3.8, 4) is 0 Å². The van der Waals surface area contributed by atoms with Crippen LogP contribution < -0.4 is 5.32 Å². The topological polar surface area (TPSA) is 49.4 Å². The van der Waals surface area contributed by atoms with E-state index < -0.39 is 17.7 Å². The van der Waals surface area contributed by atoms with Gasteiger partial charge in [0.25, 0.3) is 0 Å². The number of likely N-dealkylation sites (tertiary alicyclic amines) is 1. The summed E-state index contributed by atoms with van der Waals surface area (Å²) in [5.74, 6) is -1.08. The molecule has 0 aromatic heterocycles. The molecule has 1 heterocycles. The Balaban J connectivity index is 1.51. The lowest BCUT2D eigenvalue weighted by Gasteiger charge is -2.32. The third kappa shape index (κ3) is 6.29. The van der Waals surface area contributed by atoms with E-state index in [4.69, 9.17) is 0 Å². The Morgan fingerprint density at radius 1 is 1.10 bits per heavy atom. The zero-order valence-corrected chi connectivity index (χ0v) is 16.9. The minimum Gasteiger partial charge on any atom is -0.355 e. The highest BCUT2D eigenvalue weighted by molar-refractivity contribution is 5.83. The van der Waals surface area contributed by atoms with E-state index in [1.165, 1.54) is 30.3 Å². The maximum atomic E-state index is 13.3. The molecule has 0 radical (unpaired) electrons. The average molecular weight is 436 g/mol. The molecule has 1 saturated heterocycles. The predicted octanol–water partition coefficient (Wildman–Crippen LogP) is 3.98. The molecule has 0 unspecified atom stereocenters. The molecular formula is C23H24F4N2O2. The molecule has 31 heavy (non-hydrogen) atoms. The number of hydrogen-bond acceptors (Lipinski definition) is 2. The molecule has 0 saturated carbocycles. The fraction of sp³-hybridized carbons (Fsp3) is 0.391. The monoisotopic (exact) mass is 436 g/mol. The van der Waals surface area contributed by atoms with Crippen LogP contribution in [-0.4, -0.2) is 36.3 Å². The van der Waals surface area contributed by atoms with E-state index in [9.17, 15) is 27.2 Å². The van der Waals surface area contributed by atoms with E-state index in [0.29, 0.717) is 19.4 Å². The second-order valence-electron chi connectivity index (χ2n) is 7.65. The summed E-state index contributed by atoms with van der Waals surface area (Å²) in [5.41, 5.74) is 0.199. The molecule has 2 amide bonds. The van der Waals surface area contributed by atoms with Crippen LogP contribution in [0.4, 0.5) is 17.6 Å². The molecular weight excluding hydrogens is 412 g/mol. The Bertz CT molecular complexity index is 930. The molecule has 1 aliphatic heterocycles. The Hall–Kier alpha value is -2.90. The zero-order valence-electron chi connectivity index (χ0n) is 16.9. The number of nitrogens with zero attached hydrogens (tertiary/aromatic N) is 1. The molecule has 2 aromatic carbocycles. The number of piperidine rings is 1. The summed E-state index contributed by atoms with van der Waals surface area (Å²) in [5, 5.41) is 2.70. The fourth-order valence-corrected chi connectivity index (χ4v) is 3.78. The lowest BCUT2D eigenvalue weighted by Crippen LogP contribution is -2.46. The van der Waals surface area contributed by atoms with Gasteiger partial charge in [0.15, 0.2) is 0 Å². The standard InChI is InChI=1S/C23H24F4N2O2/c24-19-6-3-4-16(14-19)11-13-29-15-18(8-9-21(29)30)22(31)28-12-10-17-5-1-2-7-20(17)23(25,26)27/h1-7,14,18H,8-13,15H2,(H,28,31)/t18-/m0/s1. The minimum atomic E-state index is -4.44. The first kappa shape index (κ1) is 22.8. The molecule has 0 spiro atoms. The number of carbonyl (C=O) groups is 2. The number of alkyl halides is 3. The van der Waals surface area contributed by atoms with Crippen LogP contribution in [0.1, 0.15) is 29.5 Å². The first-order valence-electron chi connectivity index (χ1n) is 10.2. The maximum Gasteiger partial charge on any atom is 0.416 e. The van der Waals surface area contributed by atoms with Crippen molar-refractivity contribution in [3.63, 3.8) is 0 Å². The van der Waals surface area contributed by atoms with Gasteiger partial charge in [-0.1, -0.05) is 30.3 Å². The van der Waals surface area contributed by atoms with Crippen molar-refractivity contribution in [1.82, 2.24) is 10.2 Å². The number of hydrogen-bond donors (Lipinski definition) is 1. The summed E-state index contributed by atoms with van der Waals surface area (Å²) < 4.78 is 52.5. The molecule has 4 nitrogen and oxygen atoms in total. The normalized spacial score (nSPS) is 17.0. The van der Waals surface area contributed by atoms with E-state index in [-0.39, 0.29) is 49.1 Å². The molecule has 0 aliphatic carbocycles. The van der Waals surface area contributed by atoms with Crippen LogP contribution in [-0.2, 0) is 28.6 Å².